The molecule has 0 bridgehead atoms. The molecule has 19 heavy (non-hydrogen) atoms. The molecule has 2 aromatic rings. The van der Waals surface area contributed by atoms with Crippen molar-refractivity contribution in [2.75, 3.05) is 0 Å². The zero-order chi connectivity index (χ0) is 13.6. The van der Waals surface area contributed by atoms with Crippen molar-refractivity contribution in [2.24, 2.45) is 0 Å². The largest absolute Gasteiger partial charge is 2.00 e. The van der Waals surface area contributed by atoms with Crippen LogP contribution in [0.1, 0.15) is 11.1 Å². The predicted octanol–water partition coefficient (Wildman–Crippen LogP) is 2.73. The fraction of sp³-hybridized carbons (Fsp3) is 0.0714. The molecule has 0 aromatic heterocycles. The van der Waals surface area contributed by atoms with Crippen LogP contribution < -0.4 is 0 Å². The zero-order valence-electron chi connectivity index (χ0n) is 10.8. The van der Waals surface area contributed by atoms with E-state index in [4.69, 9.17) is 4.55 Å². The van der Waals surface area contributed by atoms with Crippen LogP contribution in [0.5, 0.6) is 0 Å². The predicted molar refractivity (Wildman–Crippen MR) is 77.6 cm³/mol. The summed E-state index contributed by atoms with van der Waals surface area (Å²) < 4.78 is 29.6. The van der Waals surface area contributed by atoms with Crippen LogP contribution in [0, 0.1) is 13.8 Å². The molecule has 0 aliphatic carbocycles. The second kappa shape index (κ2) is 8.22. The van der Waals surface area contributed by atoms with Gasteiger partial charge in [-0.15, -0.1) is 12.1 Å². The summed E-state index contributed by atoms with van der Waals surface area (Å²) in [5.74, 6) is 0. The molecular formula is C14H15MgO3S+. The van der Waals surface area contributed by atoms with Crippen LogP contribution in [0.15, 0.2) is 59.5 Å². The molecule has 0 saturated carbocycles. The monoisotopic (exact) mass is 287 g/mol. The Balaban J connectivity index is 0.000000352. The quantitative estimate of drug-likeness (QED) is 0.498. The van der Waals surface area contributed by atoms with Crippen molar-refractivity contribution in [1.82, 2.24) is 0 Å². The molecule has 0 aliphatic rings. The van der Waals surface area contributed by atoms with Gasteiger partial charge < -0.3 is 0 Å². The van der Waals surface area contributed by atoms with Crippen LogP contribution in [0.25, 0.3) is 0 Å². The number of hydrogen-bond acceptors (Lipinski definition) is 2. The summed E-state index contributed by atoms with van der Waals surface area (Å²) in [5, 5.41) is 0. The first kappa shape index (κ1) is 18.0. The molecule has 5 heteroatoms. The molecule has 96 valence electrons. The third-order valence-electron chi connectivity index (χ3n) is 2.16. The molecule has 0 radical (unpaired) electrons. The molecule has 0 fully saturated rings. The van der Waals surface area contributed by atoms with E-state index in [1.54, 1.807) is 12.1 Å². The minimum atomic E-state index is -4.02. The first-order chi connectivity index (χ1) is 8.39. The fourth-order valence-electron chi connectivity index (χ4n) is 1.19. The second-order valence-corrected chi connectivity index (χ2v) is 5.20. The van der Waals surface area contributed by atoms with E-state index >= 15 is 0 Å². The fourth-order valence-corrected chi connectivity index (χ4v) is 1.67. The van der Waals surface area contributed by atoms with Gasteiger partial charge in [-0.05, 0) is 19.1 Å². The van der Waals surface area contributed by atoms with Crippen molar-refractivity contribution in [3.05, 3.63) is 72.6 Å². The molecule has 0 heterocycles. The Hall–Kier alpha value is -1.01. The normalized spacial score (nSPS) is 9.79. The standard InChI is InChI=1S/C7H8O3S.C7H7.Mg/c1-6-2-4-7(5-3-6)11(8,9)10;1-7-5-3-2-4-6-7;/h2-5H,1H3,(H,8,9,10);2-6H,1H2;/q;-1;+2. The molecule has 2 rings (SSSR count). The van der Waals surface area contributed by atoms with Crippen LogP contribution >= 0.6 is 0 Å². The van der Waals surface area contributed by atoms with Gasteiger partial charge in [-0.25, -0.2) is 0 Å². The van der Waals surface area contributed by atoms with Crippen LogP contribution in [0.4, 0.5) is 0 Å². The Morgan fingerprint density at radius 2 is 1.42 bits per heavy atom. The first-order valence-electron chi connectivity index (χ1n) is 5.31. The summed E-state index contributed by atoms with van der Waals surface area (Å²) in [6, 6.07) is 15.9. The number of rotatable bonds is 1. The van der Waals surface area contributed by atoms with E-state index in [0.717, 1.165) is 11.1 Å². The van der Waals surface area contributed by atoms with Gasteiger partial charge in [0, 0.05) is 0 Å². The Morgan fingerprint density at radius 1 is 0.947 bits per heavy atom. The Kier molecular flexibility index (Phi) is 7.78. The van der Waals surface area contributed by atoms with Crippen LogP contribution in [0.2, 0.25) is 0 Å². The average Bonchev–Trinajstić information content (AvgIpc) is 2.30. The van der Waals surface area contributed by atoms with Crippen molar-refractivity contribution in [1.29, 1.82) is 0 Å². The van der Waals surface area contributed by atoms with Crippen molar-refractivity contribution in [2.45, 2.75) is 11.8 Å². The molecule has 0 atom stereocenters. The maximum atomic E-state index is 10.5. The third-order valence-corrected chi connectivity index (χ3v) is 3.03. The van der Waals surface area contributed by atoms with Gasteiger partial charge in [0.2, 0.25) is 0 Å². The van der Waals surface area contributed by atoms with Gasteiger partial charge in [-0.2, -0.15) is 33.0 Å². The molecule has 0 aliphatic heterocycles. The molecule has 3 nitrogen and oxygen atoms in total. The number of hydrogen-bond donors (Lipinski definition) is 1. The van der Waals surface area contributed by atoms with E-state index < -0.39 is 10.1 Å². The molecule has 0 unspecified atom stereocenters. The van der Waals surface area contributed by atoms with E-state index in [1.165, 1.54) is 12.1 Å². The molecule has 0 saturated heterocycles. The summed E-state index contributed by atoms with van der Waals surface area (Å²) in [6.07, 6.45) is 0. The third kappa shape index (κ3) is 7.22. The van der Waals surface area contributed by atoms with E-state index in [2.05, 4.69) is 6.92 Å². The summed E-state index contributed by atoms with van der Waals surface area (Å²) in [4.78, 5) is -0.0666. The minimum absolute atomic E-state index is 0. The van der Waals surface area contributed by atoms with E-state index in [9.17, 15) is 8.42 Å². The van der Waals surface area contributed by atoms with Gasteiger partial charge in [0.05, 0.1) is 4.90 Å². The Labute approximate surface area is 130 Å². The zero-order valence-corrected chi connectivity index (χ0v) is 13.0. The van der Waals surface area contributed by atoms with Crippen molar-refractivity contribution >= 4 is 33.2 Å². The Morgan fingerprint density at radius 3 is 1.74 bits per heavy atom. The maximum absolute atomic E-state index is 10.5. The van der Waals surface area contributed by atoms with Crippen molar-refractivity contribution in [3.8, 4) is 0 Å². The second-order valence-electron chi connectivity index (χ2n) is 3.77. The molecule has 0 spiro atoms. The molecular weight excluding hydrogens is 273 g/mol. The van der Waals surface area contributed by atoms with Gasteiger partial charge >= 0.3 is 23.1 Å². The van der Waals surface area contributed by atoms with Gasteiger partial charge in [-0.3, -0.25) is 4.55 Å². The molecule has 2 aromatic carbocycles. The van der Waals surface area contributed by atoms with Gasteiger partial charge in [0.15, 0.2) is 0 Å². The minimum Gasteiger partial charge on any atom is -0.282 e. The van der Waals surface area contributed by atoms with E-state index in [1.807, 2.05) is 37.3 Å². The maximum Gasteiger partial charge on any atom is 2.00 e. The van der Waals surface area contributed by atoms with Gasteiger partial charge in [0.25, 0.3) is 10.1 Å². The number of benzene rings is 2. The van der Waals surface area contributed by atoms with Gasteiger partial charge in [0.1, 0.15) is 0 Å². The van der Waals surface area contributed by atoms with E-state index in [0.29, 0.717) is 0 Å². The van der Waals surface area contributed by atoms with Crippen molar-refractivity contribution < 1.29 is 13.0 Å². The number of aryl methyl sites for hydroxylation is 1. The summed E-state index contributed by atoms with van der Waals surface area (Å²) in [6.45, 7) is 5.56. The SMILES string of the molecule is Cc1ccc(S(=O)(=O)O)cc1.[CH2-]c1ccccc1.[Mg+2]. The van der Waals surface area contributed by atoms with Crippen LogP contribution in [-0.4, -0.2) is 36.0 Å². The molecule has 1 N–H and O–H groups in total. The van der Waals surface area contributed by atoms with Crippen LogP contribution in [0.3, 0.4) is 0 Å². The first-order valence-corrected chi connectivity index (χ1v) is 6.75. The van der Waals surface area contributed by atoms with Gasteiger partial charge in [-0.1, -0.05) is 23.8 Å². The Bertz CT molecular complexity index is 578. The topological polar surface area (TPSA) is 54.4 Å². The summed E-state index contributed by atoms with van der Waals surface area (Å²) in [7, 11) is -4.02. The summed E-state index contributed by atoms with van der Waals surface area (Å²) in [5.41, 5.74) is 2.03. The average molecular weight is 288 g/mol. The van der Waals surface area contributed by atoms with E-state index in [-0.39, 0.29) is 27.9 Å². The van der Waals surface area contributed by atoms with Crippen molar-refractivity contribution in [3.63, 3.8) is 0 Å². The molecule has 0 amide bonds. The smallest absolute Gasteiger partial charge is 0.282 e. The summed E-state index contributed by atoms with van der Waals surface area (Å²) >= 11 is 0. The van der Waals surface area contributed by atoms with Crippen LogP contribution in [-0.2, 0) is 10.1 Å².